The van der Waals surface area contributed by atoms with Crippen molar-refractivity contribution in [2.24, 2.45) is 11.7 Å². The minimum atomic E-state index is -2.13. The molecule has 2 saturated heterocycles. The van der Waals surface area contributed by atoms with Crippen LogP contribution < -0.4 is 15.4 Å². The number of amides is 3. The Hall–Kier alpha value is -8.16. The molecule has 3 aliphatic rings. The molecule has 3 N–H and O–H groups in total. The molecule has 0 radical (unpaired) electrons. The Morgan fingerprint density at radius 2 is 1.49 bits per heavy atom. The van der Waals surface area contributed by atoms with Crippen LogP contribution in [0.4, 0.5) is 16.2 Å². The van der Waals surface area contributed by atoms with Crippen LogP contribution in [0, 0.1) is 27.9 Å². The molecule has 15 heteroatoms. The zero-order chi connectivity index (χ0) is 48.2. The fraction of sp³-hybridized carbons (Fsp3) is 0.222. The van der Waals surface area contributed by atoms with Gasteiger partial charge in [-0.05, 0) is 82.9 Å². The summed E-state index contributed by atoms with van der Waals surface area (Å²) in [7, 11) is 1.94. The summed E-state index contributed by atoms with van der Waals surface area (Å²) in [5.74, 6) is 2.44. The summed E-state index contributed by atoms with van der Waals surface area (Å²) >= 11 is 0. The second kappa shape index (κ2) is 19.6. The third-order valence-electron chi connectivity index (χ3n) is 12.9. The Balaban J connectivity index is 1.25. The monoisotopic (exact) mass is 925 g/mol. The molecule has 0 aliphatic carbocycles. The third kappa shape index (κ3) is 8.68. The fourth-order valence-corrected chi connectivity index (χ4v) is 10.1. The summed E-state index contributed by atoms with van der Waals surface area (Å²) in [4.78, 5) is 76.1. The van der Waals surface area contributed by atoms with Crippen molar-refractivity contribution in [2.75, 3.05) is 31.7 Å². The number of fused-ring (bicyclic) bond motifs is 3. The fourth-order valence-electron chi connectivity index (χ4n) is 10.1. The predicted molar refractivity (Wildman–Crippen MR) is 253 cm³/mol. The number of primary amides is 1. The van der Waals surface area contributed by atoms with Gasteiger partial charge in [0.05, 0.1) is 41.8 Å². The highest BCUT2D eigenvalue weighted by Crippen LogP contribution is 2.66. The lowest BCUT2D eigenvalue weighted by molar-refractivity contribution is -0.384. The lowest BCUT2D eigenvalue weighted by Gasteiger charge is -2.46. The Kier molecular flexibility index (Phi) is 13.1. The number of imide groups is 1. The molecule has 0 bridgehead atoms. The number of non-ortho nitro benzene ring substituents is 1. The molecule has 6 aromatic carbocycles. The van der Waals surface area contributed by atoms with Gasteiger partial charge >= 0.3 is 12.1 Å². The summed E-state index contributed by atoms with van der Waals surface area (Å²) < 4.78 is 18.2. The van der Waals surface area contributed by atoms with Crippen LogP contribution >= 0.6 is 0 Å². The Morgan fingerprint density at radius 1 is 0.826 bits per heavy atom. The van der Waals surface area contributed by atoms with E-state index in [1.165, 1.54) is 24.3 Å². The highest BCUT2D eigenvalue weighted by molar-refractivity contribution is 6.23. The summed E-state index contributed by atoms with van der Waals surface area (Å²) in [6.07, 6.45) is -2.06. The molecular weight excluding hydrogens is 879 g/mol. The Labute approximate surface area is 397 Å². The number of cyclic esters (lactones) is 1. The van der Waals surface area contributed by atoms with Gasteiger partial charge in [-0.1, -0.05) is 115 Å². The van der Waals surface area contributed by atoms with Gasteiger partial charge in [0.1, 0.15) is 36.5 Å². The van der Waals surface area contributed by atoms with Crippen molar-refractivity contribution in [3.8, 4) is 17.6 Å². The lowest BCUT2D eigenvalue weighted by Crippen LogP contribution is -2.55. The van der Waals surface area contributed by atoms with Crippen molar-refractivity contribution in [2.45, 2.75) is 42.8 Å². The van der Waals surface area contributed by atoms with Gasteiger partial charge in [-0.15, -0.1) is 0 Å². The quantitative estimate of drug-likeness (QED) is 0.0525. The number of esters is 1. The van der Waals surface area contributed by atoms with Crippen molar-refractivity contribution in [3.05, 3.63) is 207 Å². The number of morpholine rings is 1. The second-order valence-electron chi connectivity index (χ2n) is 17.1. The Bertz CT molecular complexity index is 2960. The van der Waals surface area contributed by atoms with Gasteiger partial charge in [-0.2, -0.15) is 0 Å². The van der Waals surface area contributed by atoms with E-state index in [0.29, 0.717) is 46.7 Å². The number of aliphatic hydroxyl groups is 1. The molecule has 348 valence electrons. The van der Waals surface area contributed by atoms with Gasteiger partial charge in [0, 0.05) is 24.2 Å². The molecule has 6 aromatic rings. The van der Waals surface area contributed by atoms with E-state index in [4.69, 9.17) is 19.9 Å². The molecule has 0 saturated carbocycles. The van der Waals surface area contributed by atoms with Crippen molar-refractivity contribution in [3.63, 3.8) is 0 Å². The van der Waals surface area contributed by atoms with Gasteiger partial charge in [-0.3, -0.25) is 34.3 Å². The topological polar surface area (TPSA) is 195 Å². The van der Waals surface area contributed by atoms with Gasteiger partial charge in [-0.25, -0.2) is 9.69 Å². The number of aliphatic hydroxyl groups excluding tert-OH is 1. The van der Waals surface area contributed by atoms with Crippen LogP contribution in [0.5, 0.6) is 5.75 Å². The number of ether oxygens (including phenoxy) is 3. The maximum atomic E-state index is 16.2. The molecule has 1 spiro atoms. The van der Waals surface area contributed by atoms with Gasteiger partial charge < -0.3 is 25.1 Å². The molecule has 2 fully saturated rings. The molecular formula is C54H47N5O10. The van der Waals surface area contributed by atoms with E-state index in [0.717, 1.165) is 10.5 Å². The number of nitrogens with two attached hydrogens (primary N) is 1. The largest absolute Gasteiger partial charge is 0.491 e. The standard InChI is InChI=1S/C54H47N5O10/c1-56(33-36-13-5-2-6-14-36)28-12-15-35-24-27-44-43(31-35)54(52(63)57(44)53(64)68-34-37-22-25-41(26-23-37)59(65)66)45(50(55)61)47-51(62)69-48(39-18-9-4-10-19-39)46(38-16-7-3-8-17-38)58(47)49(54)40-20-11-21-42(32-40)67-30-29-60/h2-11,13-14,16-27,31-32,45-49,60H,28-30,33-34H2,1H3,(H2,55,61)/t45-,46-,47-,48+,49+,54-/m1/s1. The first-order valence-corrected chi connectivity index (χ1v) is 22.3. The van der Waals surface area contributed by atoms with Gasteiger partial charge in [0.15, 0.2) is 0 Å². The molecule has 6 atom stereocenters. The first-order valence-electron chi connectivity index (χ1n) is 22.3. The molecule has 15 nitrogen and oxygen atoms in total. The van der Waals surface area contributed by atoms with Crippen molar-refractivity contribution in [1.82, 2.24) is 9.80 Å². The Morgan fingerprint density at radius 3 is 2.16 bits per heavy atom. The smallest absolute Gasteiger partial charge is 0.421 e. The van der Waals surface area contributed by atoms with Crippen LogP contribution in [0.3, 0.4) is 0 Å². The van der Waals surface area contributed by atoms with Crippen LogP contribution in [-0.4, -0.2) is 76.6 Å². The van der Waals surface area contributed by atoms with Crippen LogP contribution in [0.25, 0.3) is 0 Å². The first-order chi connectivity index (χ1) is 33.5. The second-order valence-corrected chi connectivity index (χ2v) is 17.1. The predicted octanol–water partition coefficient (Wildman–Crippen LogP) is 6.94. The maximum absolute atomic E-state index is 16.2. The van der Waals surface area contributed by atoms with Crippen LogP contribution in [0.2, 0.25) is 0 Å². The van der Waals surface area contributed by atoms with E-state index in [9.17, 15) is 24.8 Å². The molecule has 3 amide bonds. The summed E-state index contributed by atoms with van der Waals surface area (Å²) in [6, 6.07) is 42.0. The minimum Gasteiger partial charge on any atom is -0.491 e. The number of anilines is 1. The average molecular weight is 926 g/mol. The van der Waals surface area contributed by atoms with Crippen LogP contribution in [-0.2, 0) is 42.4 Å². The number of carbonyl (C=O) groups excluding carboxylic acids is 4. The number of benzene rings is 6. The summed E-state index contributed by atoms with van der Waals surface area (Å²) in [6.45, 7) is 0.294. The number of hydrogen-bond donors (Lipinski definition) is 2. The van der Waals surface area contributed by atoms with Crippen molar-refractivity contribution >= 4 is 35.3 Å². The van der Waals surface area contributed by atoms with Gasteiger partial charge in [0.25, 0.3) is 5.69 Å². The lowest BCUT2D eigenvalue weighted by atomic mass is 9.65. The highest BCUT2D eigenvalue weighted by atomic mass is 16.6. The molecule has 3 aliphatic heterocycles. The third-order valence-corrected chi connectivity index (χ3v) is 12.9. The molecule has 3 heterocycles. The first kappa shape index (κ1) is 46.0. The highest BCUT2D eigenvalue weighted by Gasteiger charge is 2.75. The summed E-state index contributed by atoms with van der Waals surface area (Å²) in [5.41, 5.74) is 8.25. The number of hydrogen-bond acceptors (Lipinski definition) is 12. The molecule has 69 heavy (non-hydrogen) atoms. The zero-order valence-corrected chi connectivity index (χ0v) is 37.4. The van der Waals surface area contributed by atoms with E-state index in [1.54, 1.807) is 42.5 Å². The van der Waals surface area contributed by atoms with E-state index >= 15 is 9.59 Å². The van der Waals surface area contributed by atoms with Crippen LogP contribution in [0.15, 0.2) is 158 Å². The average Bonchev–Trinajstić information content (AvgIpc) is 3.82. The van der Waals surface area contributed by atoms with E-state index < -0.39 is 64.4 Å². The normalized spacial score (nSPS) is 21.5. The van der Waals surface area contributed by atoms with Gasteiger partial charge in [0.2, 0.25) is 11.8 Å². The number of carbonyl (C=O) groups is 4. The van der Waals surface area contributed by atoms with E-state index in [-0.39, 0.29) is 36.8 Å². The number of rotatable bonds is 13. The molecule has 0 unspecified atom stereocenters. The number of nitro groups is 1. The SMILES string of the molecule is CN(CC#Cc1ccc2c(c1)[C@]1(C(=O)N2C(=O)OCc2ccc([N+](=O)[O-])cc2)[C@H](c2cccc(OCCO)c2)N2[C@H](c3ccccc3)[C@H](c3ccccc3)OC(=O)[C@H]2[C@@H]1C(N)=O)Cc1ccccc1. The number of nitro benzene ring substituents is 1. The molecule has 9 rings (SSSR count). The van der Waals surface area contributed by atoms with E-state index in [1.807, 2.05) is 108 Å². The molecule has 0 aromatic heterocycles. The minimum absolute atomic E-state index is 0.0523. The van der Waals surface area contributed by atoms with Crippen LogP contribution in [0.1, 0.15) is 57.1 Å². The number of nitrogens with zero attached hydrogens (tertiary/aromatic N) is 4. The zero-order valence-electron chi connectivity index (χ0n) is 37.4. The van der Waals surface area contributed by atoms with Crippen molar-refractivity contribution < 1.29 is 43.4 Å². The van der Waals surface area contributed by atoms with E-state index in [2.05, 4.69) is 11.8 Å². The maximum Gasteiger partial charge on any atom is 0.421 e. The van der Waals surface area contributed by atoms with Crippen molar-refractivity contribution in [1.29, 1.82) is 0 Å². The summed E-state index contributed by atoms with van der Waals surface area (Å²) in [5, 5.41) is 21.1.